The van der Waals surface area contributed by atoms with Gasteiger partial charge in [0.05, 0.1) is 0 Å². The van der Waals surface area contributed by atoms with Gasteiger partial charge in [-0.05, 0) is 19.3 Å². The van der Waals surface area contributed by atoms with Gasteiger partial charge in [-0.1, -0.05) is 5.16 Å². The van der Waals surface area contributed by atoms with Crippen molar-refractivity contribution in [2.24, 2.45) is 0 Å². The summed E-state index contributed by atoms with van der Waals surface area (Å²) in [5.74, 6) is -0.00386. The fraction of sp³-hybridized carbons (Fsp3) is 0.636. The number of amides is 2. The van der Waals surface area contributed by atoms with Gasteiger partial charge in [-0.3, -0.25) is 0 Å². The number of carbonyl (C=O) groups is 2. The van der Waals surface area contributed by atoms with E-state index in [1.807, 2.05) is 0 Å². The van der Waals surface area contributed by atoms with Gasteiger partial charge in [0.1, 0.15) is 5.54 Å². The van der Waals surface area contributed by atoms with Crippen molar-refractivity contribution in [3.05, 3.63) is 11.7 Å². The number of carbonyl (C=O) groups excluding carboxylic acids is 1. The highest BCUT2D eigenvalue weighted by Crippen LogP contribution is 2.31. The first kappa shape index (κ1) is 13.3. The average molecular weight is 268 g/mol. The summed E-state index contributed by atoms with van der Waals surface area (Å²) in [7, 11) is 0. The quantitative estimate of drug-likeness (QED) is 0.703. The van der Waals surface area contributed by atoms with Gasteiger partial charge < -0.3 is 20.3 Å². The van der Waals surface area contributed by atoms with Crippen molar-refractivity contribution in [2.45, 2.75) is 38.1 Å². The van der Waals surface area contributed by atoms with Crippen molar-refractivity contribution in [1.82, 2.24) is 20.8 Å². The molecule has 8 nitrogen and oxygen atoms in total. The summed E-state index contributed by atoms with van der Waals surface area (Å²) in [6.45, 7) is 2.00. The zero-order chi connectivity index (χ0) is 13.9. The van der Waals surface area contributed by atoms with Crippen LogP contribution in [0.5, 0.6) is 0 Å². The van der Waals surface area contributed by atoms with E-state index in [1.165, 1.54) is 0 Å². The van der Waals surface area contributed by atoms with E-state index < -0.39 is 17.5 Å². The van der Waals surface area contributed by atoms with Gasteiger partial charge in [0, 0.05) is 19.9 Å². The maximum absolute atomic E-state index is 11.6. The van der Waals surface area contributed by atoms with Gasteiger partial charge in [-0.2, -0.15) is 4.98 Å². The number of carboxylic acids is 1. The molecule has 8 heteroatoms. The van der Waals surface area contributed by atoms with Crippen LogP contribution in [0.4, 0.5) is 4.79 Å². The third kappa shape index (κ3) is 3.01. The Labute approximate surface area is 109 Å². The summed E-state index contributed by atoms with van der Waals surface area (Å²) in [4.78, 5) is 26.7. The van der Waals surface area contributed by atoms with Crippen LogP contribution >= 0.6 is 0 Å². The minimum Gasteiger partial charge on any atom is -0.480 e. The zero-order valence-corrected chi connectivity index (χ0v) is 10.6. The number of rotatable bonds is 5. The lowest BCUT2D eigenvalue weighted by Crippen LogP contribution is -2.61. The lowest BCUT2D eigenvalue weighted by atomic mass is 9.77. The van der Waals surface area contributed by atoms with Gasteiger partial charge in [-0.25, -0.2) is 9.59 Å². The first-order chi connectivity index (χ1) is 9.02. The third-order valence-electron chi connectivity index (χ3n) is 3.17. The number of hydrogen-bond acceptors (Lipinski definition) is 5. The Morgan fingerprint density at radius 3 is 2.68 bits per heavy atom. The minimum absolute atomic E-state index is 0.320. The highest BCUT2D eigenvalue weighted by Gasteiger charge is 2.45. The number of carboxylic acid groups (broad SMARTS) is 1. The molecule has 0 aliphatic heterocycles. The molecule has 3 N–H and O–H groups in total. The van der Waals surface area contributed by atoms with E-state index in [0.717, 1.165) is 6.42 Å². The molecule has 19 heavy (non-hydrogen) atoms. The van der Waals surface area contributed by atoms with Crippen LogP contribution in [0.15, 0.2) is 4.52 Å². The van der Waals surface area contributed by atoms with Crippen molar-refractivity contribution in [1.29, 1.82) is 0 Å². The molecule has 0 saturated heterocycles. The molecule has 1 heterocycles. The van der Waals surface area contributed by atoms with Crippen LogP contribution in [-0.4, -0.2) is 39.3 Å². The molecule has 104 valence electrons. The lowest BCUT2D eigenvalue weighted by Gasteiger charge is -2.38. The van der Waals surface area contributed by atoms with Crippen LogP contribution in [0, 0.1) is 6.92 Å². The number of aliphatic carboxylic acids is 1. The number of aryl methyl sites for hydroxylation is 1. The maximum Gasteiger partial charge on any atom is 0.329 e. The monoisotopic (exact) mass is 268 g/mol. The van der Waals surface area contributed by atoms with E-state index in [9.17, 15) is 9.59 Å². The second kappa shape index (κ2) is 5.25. The Kier molecular flexibility index (Phi) is 3.68. The Bertz CT molecular complexity index is 481. The van der Waals surface area contributed by atoms with Crippen LogP contribution in [0.25, 0.3) is 0 Å². The van der Waals surface area contributed by atoms with Crippen LogP contribution < -0.4 is 10.6 Å². The van der Waals surface area contributed by atoms with Gasteiger partial charge >= 0.3 is 12.0 Å². The van der Waals surface area contributed by atoms with Crippen LogP contribution in [0.3, 0.4) is 0 Å². The lowest BCUT2D eigenvalue weighted by molar-refractivity contribution is -0.148. The smallest absolute Gasteiger partial charge is 0.329 e. The molecule has 0 atom stereocenters. The fourth-order valence-electron chi connectivity index (χ4n) is 1.91. The summed E-state index contributed by atoms with van der Waals surface area (Å²) >= 11 is 0. The summed E-state index contributed by atoms with van der Waals surface area (Å²) in [5.41, 5.74) is -1.09. The zero-order valence-electron chi connectivity index (χ0n) is 10.6. The number of hydrogen-bond donors (Lipinski definition) is 3. The molecule has 0 unspecified atom stereocenters. The molecule has 0 bridgehead atoms. The van der Waals surface area contributed by atoms with Crippen molar-refractivity contribution in [2.75, 3.05) is 6.54 Å². The molecule has 0 spiro atoms. The van der Waals surface area contributed by atoms with E-state index in [2.05, 4.69) is 20.8 Å². The Morgan fingerprint density at radius 2 is 2.21 bits per heavy atom. The van der Waals surface area contributed by atoms with E-state index in [0.29, 0.717) is 37.5 Å². The molecular weight excluding hydrogens is 252 g/mol. The van der Waals surface area contributed by atoms with Gasteiger partial charge in [0.2, 0.25) is 5.89 Å². The van der Waals surface area contributed by atoms with Crippen molar-refractivity contribution in [3.8, 4) is 0 Å². The minimum atomic E-state index is -1.09. The molecule has 0 aromatic carbocycles. The van der Waals surface area contributed by atoms with Crippen LogP contribution in [0.2, 0.25) is 0 Å². The first-order valence-corrected chi connectivity index (χ1v) is 6.10. The first-order valence-electron chi connectivity index (χ1n) is 6.10. The highest BCUT2D eigenvalue weighted by atomic mass is 16.5. The molecule has 1 aliphatic carbocycles. The molecule has 1 aromatic heterocycles. The molecule has 1 aliphatic rings. The van der Waals surface area contributed by atoms with Crippen molar-refractivity contribution < 1.29 is 19.2 Å². The molecule has 2 rings (SSSR count). The van der Waals surface area contributed by atoms with Gasteiger partial charge in [0.25, 0.3) is 0 Å². The van der Waals surface area contributed by atoms with Crippen LogP contribution in [-0.2, 0) is 11.2 Å². The number of aromatic nitrogens is 2. The second-order valence-corrected chi connectivity index (χ2v) is 4.60. The van der Waals surface area contributed by atoms with E-state index in [4.69, 9.17) is 9.63 Å². The highest BCUT2D eigenvalue weighted by molar-refractivity contribution is 5.87. The van der Waals surface area contributed by atoms with Gasteiger partial charge in [-0.15, -0.1) is 0 Å². The predicted molar refractivity (Wildman–Crippen MR) is 63.5 cm³/mol. The standard InChI is InChI=1S/C11H16N4O4/c1-7-13-8(15-19-7)3-6-12-10(18)14-11(9(16)17)4-2-5-11/h2-6H2,1H3,(H,16,17)(H2,12,14,18). The summed E-state index contributed by atoms with van der Waals surface area (Å²) in [6.07, 6.45) is 2.19. The molecule has 0 radical (unpaired) electrons. The van der Waals surface area contributed by atoms with Gasteiger partial charge in [0.15, 0.2) is 5.82 Å². The average Bonchev–Trinajstić information content (AvgIpc) is 2.69. The summed E-state index contributed by atoms with van der Waals surface area (Å²) in [6, 6.07) is -0.484. The van der Waals surface area contributed by atoms with Crippen LogP contribution in [0.1, 0.15) is 31.0 Å². The molecular formula is C11H16N4O4. The number of urea groups is 1. The topological polar surface area (TPSA) is 117 Å². The second-order valence-electron chi connectivity index (χ2n) is 4.60. The van der Waals surface area contributed by atoms with Crippen molar-refractivity contribution >= 4 is 12.0 Å². The number of nitrogens with one attached hydrogen (secondary N) is 2. The third-order valence-corrected chi connectivity index (χ3v) is 3.17. The molecule has 1 saturated carbocycles. The Hall–Kier alpha value is -2.12. The Morgan fingerprint density at radius 1 is 1.47 bits per heavy atom. The molecule has 2 amide bonds. The maximum atomic E-state index is 11.6. The normalized spacial score (nSPS) is 16.5. The van der Waals surface area contributed by atoms with E-state index >= 15 is 0 Å². The molecule has 1 aromatic rings. The number of nitrogens with zero attached hydrogens (tertiary/aromatic N) is 2. The Balaban J connectivity index is 1.74. The fourth-order valence-corrected chi connectivity index (χ4v) is 1.91. The summed E-state index contributed by atoms with van der Waals surface area (Å²) < 4.78 is 4.79. The summed E-state index contributed by atoms with van der Waals surface area (Å²) in [5, 5.41) is 17.8. The van der Waals surface area contributed by atoms with E-state index in [-0.39, 0.29) is 0 Å². The molecule has 1 fully saturated rings. The predicted octanol–water partition coefficient (Wildman–Crippen LogP) is 0.227. The SMILES string of the molecule is Cc1nc(CCNC(=O)NC2(C(=O)O)CCC2)no1. The largest absolute Gasteiger partial charge is 0.480 e. The van der Waals surface area contributed by atoms with E-state index in [1.54, 1.807) is 6.92 Å². The van der Waals surface area contributed by atoms with Crippen molar-refractivity contribution in [3.63, 3.8) is 0 Å².